The lowest BCUT2D eigenvalue weighted by Gasteiger charge is -2.04. The number of benzene rings is 1. The molecule has 0 spiro atoms. The van der Waals surface area contributed by atoms with Gasteiger partial charge in [-0.3, -0.25) is 0 Å². The Morgan fingerprint density at radius 2 is 2.18 bits per heavy atom. The molecule has 0 aliphatic rings. The molecule has 0 amide bonds. The van der Waals surface area contributed by atoms with Gasteiger partial charge in [-0.25, -0.2) is 9.59 Å². The minimum absolute atomic E-state index is 0.0319. The van der Waals surface area contributed by atoms with Crippen LogP contribution in [0.2, 0.25) is 5.02 Å². The fourth-order valence-electron chi connectivity index (χ4n) is 1.41. The summed E-state index contributed by atoms with van der Waals surface area (Å²) in [6.45, 7) is 0. The smallest absolute Gasteiger partial charge is 0.352 e. The molecule has 0 radical (unpaired) electrons. The van der Waals surface area contributed by atoms with Gasteiger partial charge >= 0.3 is 11.6 Å². The molecule has 2 aromatic rings. The fourth-order valence-corrected chi connectivity index (χ4v) is 2.08. The van der Waals surface area contributed by atoms with E-state index in [2.05, 4.69) is 20.7 Å². The molecule has 0 fully saturated rings. The largest absolute Gasteiger partial charge is 0.465 e. The molecular formula is C11H6BrClO4. The number of fused-ring (bicyclic) bond motifs is 1. The fraction of sp³-hybridized carbons (Fsp3) is 0.0909. The number of carbonyl (C=O) groups excluding carboxylic acids is 1. The summed E-state index contributed by atoms with van der Waals surface area (Å²) in [5.41, 5.74) is -0.785. The van der Waals surface area contributed by atoms with Crippen molar-refractivity contribution in [3.8, 4) is 0 Å². The van der Waals surface area contributed by atoms with Gasteiger partial charge in [0, 0.05) is 9.86 Å². The van der Waals surface area contributed by atoms with Gasteiger partial charge in [0.05, 0.1) is 12.1 Å². The topological polar surface area (TPSA) is 56.5 Å². The zero-order valence-electron chi connectivity index (χ0n) is 8.62. The van der Waals surface area contributed by atoms with Crippen LogP contribution in [0.15, 0.2) is 31.9 Å². The van der Waals surface area contributed by atoms with Gasteiger partial charge in [0.1, 0.15) is 5.58 Å². The first-order chi connectivity index (χ1) is 8.04. The molecule has 1 aromatic carbocycles. The minimum Gasteiger partial charge on any atom is -0.465 e. The maximum absolute atomic E-state index is 11.6. The Hall–Kier alpha value is -1.33. The summed E-state index contributed by atoms with van der Waals surface area (Å²) >= 11 is 9.28. The molecule has 17 heavy (non-hydrogen) atoms. The Morgan fingerprint density at radius 1 is 1.47 bits per heavy atom. The van der Waals surface area contributed by atoms with Crippen molar-refractivity contribution in [1.82, 2.24) is 0 Å². The normalized spacial score (nSPS) is 10.5. The Morgan fingerprint density at radius 3 is 2.82 bits per heavy atom. The Labute approximate surface area is 109 Å². The van der Waals surface area contributed by atoms with Gasteiger partial charge in [0.2, 0.25) is 0 Å². The summed E-state index contributed by atoms with van der Waals surface area (Å²) in [5, 5.41) is 0.505. The quantitative estimate of drug-likeness (QED) is 0.599. The number of methoxy groups -OCH3 is 1. The molecule has 0 N–H and O–H groups in total. The van der Waals surface area contributed by atoms with E-state index in [-0.39, 0.29) is 10.6 Å². The number of rotatable bonds is 1. The van der Waals surface area contributed by atoms with Crippen molar-refractivity contribution in [2.75, 3.05) is 7.11 Å². The Balaban J connectivity index is 2.87. The van der Waals surface area contributed by atoms with Gasteiger partial charge in [-0.1, -0.05) is 27.5 Å². The van der Waals surface area contributed by atoms with Crippen molar-refractivity contribution in [2.45, 2.75) is 0 Å². The first-order valence-corrected chi connectivity index (χ1v) is 5.72. The summed E-state index contributed by atoms with van der Waals surface area (Å²) in [7, 11) is 1.17. The van der Waals surface area contributed by atoms with Gasteiger partial charge in [-0.05, 0) is 18.2 Å². The summed E-state index contributed by atoms with van der Waals surface area (Å²) in [4.78, 5) is 23.0. The third kappa shape index (κ3) is 2.08. The summed E-state index contributed by atoms with van der Waals surface area (Å²) in [6.07, 6.45) is 0. The van der Waals surface area contributed by atoms with Gasteiger partial charge in [0.15, 0.2) is 5.56 Å². The van der Waals surface area contributed by atoms with E-state index >= 15 is 0 Å². The molecule has 0 aliphatic heterocycles. The summed E-state index contributed by atoms with van der Waals surface area (Å²) in [5.74, 6) is -0.814. The highest BCUT2D eigenvalue weighted by Gasteiger charge is 2.20. The number of hydrogen-bond donors (Lipinski definition) is 0. The lowest BCUT2D eigenvalue weighted by molar-refractivity contribution is 0.0596. The first kappa shape index (κ1) is 12.1. The summed E-state index contributed by atoms with van der Waals surface area (Å²) in [6, 6.07) is 4.96. The molecule has 0 atom stereocenters. The van der Waals surface area contributed by atoms with Crippen LogP contribution in [-0.4, -0.2) is 13.1 Å². The van der Waals surface area contributed by atoms with Crippen LogP contribution in [0.1, 0.15) is 10.4 Å². The van der Waals surface area contributed by atoms with E-state index in [4.69, 9.17) is 16.0 Å². The molecule has 1 aromatic heterocycles. The maximum atomic E-state index is 11.6. The van der Waals surface area contributed by atoms with E-state index in [1.54, 1.807) is 18.2 Å². The molecule has 88 valence electrons. The highest BCUT2D eigenvalue weighted by atomic mass is 79.9. The molecule has 1 heterocycles. The first-order valence-electron chi connectivity index (χ1n) is 4.54. The lowest BCUT2D eigenvalue weighted by atomic mass is 10.2. The van der Waals surface area contributed by atoms with Crippen LogP contribution >= 0.6 is 27.5 Å². The third-order valence-electron chi connectivity index (χ3n) is 2.19. The second-order valence-corrected chi connectivity index (χ2v) is 4.50. The number of ether oxygens (including phenoxy) is 1. The van der Waals surface area contributed by atoms with Crippen LogP contribution in [0.3, 0.4) is 0 Å². The predicted octanol–water partition coefficient (Wildman–Crippen LogP) is 3.00. The van der Waals surface area contributed by atoms with Crippen molar-refractivity contribution in [3.63, 3.8) is 0 Å². The van der Waals surface area contributed by atoms with Crippen molar-refractivity contribution in [1.29, 1.82) is 0 Å². The van der Waals surface area contributed by atoms with Crippen LogP contribution < -0.4 is 5.63 Å². The van der Waals surface area contributed by atoms with Crippen molar-refractivity contribution >= 4 is 44.5 Å². The molecule has 0 saturated carbocycles. The maximum Gasteiger partial charge on any atom is 0.352 e. The number of hydrogen-bond acceptors (Lipinski definition) is 4. The Kier molecular flexibility index (Phi) is 3.22. The molecule has 4 nitrogen and oxygen atoms in total. The number of carbonyl (C=O) groups is 1. The van der Waals surface area contributed by atoms with Crippen LogP contribution in [0.5, 0.6) is 0 Å². The molecule has 0 aliphatic carbocycles. The minimum atomic E-state index is -0.814. The van der Waals surface area contributed by atoms with Crippen molar-refractivity contribution in [3.05, 3.63) is 43.7 Å². The second-order valence-electron chi connectivity index (χ2n) is 3.21. The number of esters is 1. The van der Waals surface area contributed by atoms with Crippen LogP contribution in [0.4, 0.5) is 0 Å². The van der Waals surface area contributed by atoms with Crippen molar-refractivity contribution in [2.24, 2.45) is 0 Å². The standard InChI is InChI=1S/C11H6BrClO4/c1-16-10(14)8-9(13)6-4-5(12)2-3-7(6)17-11(8)15/h2-4H,1H3. The van der Waals surface area contributed by atoms with Gasteiger partial charge < -0.3 is 9.15 Å². The molecular weight excluding hydrogens is 311 g/mol. The molecule has 6 heteroatoms. The van der Waals surface area contributed by atoms with Crippen LogP contribution in [-0.2, 0) is 4.74 Å². The third-order valence-corrected chi connectivity index (χ3v) is 3.08. The zero-order chi connectivity index (χ0) is 12.6. The average Bonchev–Trinajstić information content (AvgIpc) is 2.30. The monoisotopic (exact) mass is 316 g/mol. The molecule has 2 rings (SSSR count). The summed E-state index contributed by atoms with van der Waals surface area (Å²) < 4.78 is 10.2. The lowest BCUT2D eigenvalue weighted by Crippen LogP contribution is -2.16. The van der Waals surface area contributed by atoms with Crippen LogP contribution in [0.25, 0.3) is 11.0 Å². The van der Waals surface area contributed by atoms with Gasteiger partial charge in [-0.15, -0.1) is 0 Å². The highest BCUT2D eigenvalue weighted by molar-refractivity contribution is 9.10. The Bertz CT molecular complexity index is 662. The predicted molar refractivity (Wildman–Crippen MR) is 66.5 cm³/mol. The van der Waals surface area contributed by atoms with E-state index in [9.17, 15) is 9.59 Å². The molecule has 0 bridgehead atoms. The van der Waals surface area contributed by atoms with E-state index in [1.165, 1.54) is 7.11 Å². The second kappa shape index (κ2) is 4.50. The highest BCUT2D eigenvalue weighted by Crippen LogP contribution is 2.27. The van der Waals surface area contributed by atoms with E-state index in [0.717, 1.165) is 4.47 Å². The van der Waals surface area contributed by atoms with Gasteiger partial charge in [-0.2, -0.15) is 0 Å². The van der Waals surface area contributed by atoms with E-state index in [0.29, 0.717) is 11.0 Å². The number of halogens is 2. The SMILES string of the molecule is COC(=O)c1c(Cl)c2cc(Br)ccc2oc1=O. The van der Waals surface area contributed by atoms with Crippen molar-refractivity contribution < 1.29 is 13.9 Å². The average molecular weight is 318 g/mol. The molecule has 0 unspecified atom stereocenters. The van der Waals surface area contributed by atoms with E-state index in [1.807, 2.05) is 0 Å². The zero-order valence-corrected chi connectivity index (χ0v) is 11.0. The van der Waals surface area contributed by atoms with Gasteiger partial charge in [0.25, 0.3) is 0 Å². The van der Waals surface area contributed by atoms with Crippen LogP contribution in [0, 0.1) is 0 Å². The molecule has 0 saturated heterocycles. The van der Waals surface area contributed by atoms with E-state index < -0.39 is 11.6 Å².